The number of aromatic nitrogens is 1. The molecule has 7 nitrogen and oxygen atoms in total. The Hall–Kier alpha value is -4.14. The first kappa shape index (κ1) is 30.3. The van der Waals surface area contributed by atoms with Gasteiger partial charge in [0.1, 0.15) is 6.61 Å². The van der Waals surface area contributed by atoms with Gasteiger partial charge in [0.2, 0.25) is 0 Å². The van der Waals surface area contributed by atoms with Crippen molar-refractivity contribution < 1.29 is 19.0 Å². The van der Waals surface area contributed by atoms with Crippen LogP contribution in [0.25, 0.3) is 6.08 Å². The van der Waals surface area contributed by atoms with Gasteiger partial charge in [-0.25, -0.2) is 9.79 Å². The standard InChI is InChI=1S/C34H33ClN2O5S/c1-6-40-27-17-24(16-26(35)31(27)42-19-23-10-8-9-21(4)15-23)18-28-32(38)37-30(25-13-11-20(3)12-14-25)29(33(39)41-7-2)22(5)36-34(37)43-28/h8-18,30H,6-7,19H2,1-5H3/b28-18+/t30-/m1/s1. The van der Waals surface area contributed by atoms with E-state index in [1.165, 1.54) is 11.3 Å². The van der Waals surface area contributed by atoms with Gasteiger partial charge in [0.05, 0.1) is 40.1 Å². The molecule has 0 bridgehead atoms. The van der Waals surface area contributed by atoms with E-state index in [0.717, 1.165) is 22.3 Å². The quantitative estimate of drug-likeness (QED) is 0.214. The van der Waals surface area contributed by atoms with Crippen LogP contribution in [-0.2, 0) is 16.1 Å². The van der Waals surface area contributed by atoms with Crippen molar-refractivity contribution >= 4 is 35.0 Å². The largest absolute Gasteiger partial charge is 0.490 e. The molecule has 0 saturated carbocycles. The van der Waals surface area contributed by atoms with Gasteiger partial charge in [0.25, 0.3) is 5.56 Å². The Balaban J connectivity index is 1.58. The van der Waals surface area contributed by atoms with Crippen LogP contribution in [0.5, 0.6) is 11.5 Å². The van der Waals surface area contributed by atoms with Gasteiger partial charge in [0.15, 0.2) is 16.3 Å². The summed E-state index contributed by atoms with van der Waals surface area (Å²) >= 11 is 7.97. The van der Waals surface area contributed by atoms with Crippen molar-refractivity contribution in [1.29, 1.82) is 0 Å². The Labute approximate surface area is 259 Å². The number of ether oxygens (including phenoxy) is 3. The molecule has 0 saturated heterocycles. The summed E-state index contributed by atoms with van der Waals surface area (Å²) in [5.41, 5.74) is 5.31. The molecule has 3 aromatic carbocycles. The number of carbonyl (C=O) groups is 1. The minimum atomic E-state index is -0.668. The van der Waals surface area contributed by atoms with Crippen molar-refractivity contribution in [3.8, 4) is 11.5 Å². The van der Waals surface area contributed by atoms with Crippen LogP contribution in [0.4, 0.5) is 0 Å². The lowest BCUT2D eigenvalue weighted by atomic mass is 9.95. The zero-order valence-corrected chi connectivity index (χ0v) is 26.3. The molecule has 1 aliphatic heterocycles. The Morgan fingerprint density at radius 3 is 2.47 bits per heavy atom. The molecule has 0 fully saturated rings. The van der Waals surface area contributed by atoms with Crippen molar-refractivity contribution in [2.24, 2.45) is 4.99 Å². The molecule has 0 aliphatic carbocycles. The summed E-state index contributed by atoms with van der Waals surface area (Å²) in [5.74, 6) is 0.440. The normalized spacial score (nSPS) is 14.7. The van der Waals surface area contributed by atoms with E-state index in [4.69, 9.17) is 25.8 Å². The number of hydrogen-bond donors (Lipinski definition) is 0. The predicted octanol–water partition coefficient (Wildman–Crippen LogP) is 6.05. The minimum absolute atomic E-state index is 0.217. The van der Waals surface area contributed by atoms with Crippen LogP contribution in [0.15, 0.2) is 81.7 Å². The van der Waals surface area contributed by atoms with Gasteiger partial charge >= 0.3 is 5.97 Å². The molecule has 0 radical (unpaired) electrons. The molecule has 0 amide bonds. The molecule has 222 valence electrons. The van der Waals surface area contributed by atoms with E-state index in [1.807, 2.05) is 69.3 Å². The molecule has 9 heteroatoms. The second-order valence-corrected chi connectivity index (χ2v) is 11.7. The summed E-state index contributed by atoms with van der Waals surface area (Å²) in [5, 5.41) is 0.371. The van der Waals surface area contributed by atoms with Crippen molar-refractivity contribution in [2.75, 3.05) is 13.2 Å². The molecule has 1 atom stereocenters. The Kier molecular flexibility index (Phi) is 9.18. The molecule has 5 rings (SSSR count). The van der Waals surface area contributed by atoms with Crippen LogP contribution in [0.2, 0.25) is 5.02 Å². The fourth-order valence-corrected chi connectivity index (χ4v) is 6.36. The van der Waals surface area contributed by atoms with Crippen LogP contribution in [0, 0.1) is 13.8 Å². The highest BCUT2D eigenvalue weighted by Gasteiger charge is 2.33. The molecule has 4 aromatic rings. The first-order valence-corrected chi connectivity index (χ1v) is 15.3. The van der Waals surface area contributed by atoms with Gasteiger partial charge in [-0.15, -0.1) is 0 Å². The van der Waals surface area contributed by atoms with Gasteiger partial charge in [-0.3, -0.25) is 9.36 Å². The number of carbonyl (C=O) groups excluding carboxylic acids is 1. The molecule has 2 heterocycles. The summed E-state index contributed by atoms with van der Waals surface area (Å²) in [6.07, 6.45) is 1.76. The lowest BCUT2D eigenvalue weighted by molar-refractivity contribution is -0.139. The molecule has 1 aromatic heterocycles. The number of esters is 1. The summed E-state index contributed by atoms with van der Waals surface area (Å²) in [4.78, 5) is 32.2. The zero-order chi connectivity index (χ0) is 30.7. The summed E-state index contributed by atoms with van der Waals surface area (Å²) in [6, 6.07) is 18.7. The maximum absolute atomic E-state index is 14.0. The average molecular weight is 617 g/mol. The maximum atomic E-state index is 14.0. The fraction of sp³-hybridized carbons (Fsp3) is 0.265. The van der Waals surface area contributed by atoms with E-state index in [0.29, 0.717) is 55.9 Å². The number of nitrogens with zero attached hydrogens (tertiary/aromatic N) is 2. The Bertz CT molecular complexity index is 1890. The van der Waals surface area contributed by atoms with E-state index in [2.05, 4.69) is 11.1 Å². The van der Waals surface area contributed by atoms with Gasteiger partial charge in [-0.2, -0.15) is 0 Å². The Morgan fingerprint density at radius 1 is 1.00 bits per heavy atom. The number of benzene rings is 3. The topological polar surface area (TPSA) is 79.1 Å². The van der Waals surface area contributed by atoms with Crippen LogP contribution < -0.4 is 24.4 Å². The van der Waals surface area contributed by atoms with Gasteiger partial charge in [0, 0.05) is 0 Å². The smallest absolute Gasteiger partial charge is 0.338 e. The zero-order valence-electron chi connectivity index (χ0n) is 24.8. The summed E-state index contributed by atoms with van der Waals surface area (Å²) < 4.78 is 19.4. The van der Waals surface area contributed by atoms with E-state index < -0.39 is 12.0 Å². The molecular formula is C34H33ClN2O5S. The minimum Gasteiger partial charge on any atom is -0.490 e. The van der Waals surface area contributed by atoms with Crippen LogP contribution in [0.1, 0.15) is 54.6 Å². The SMILES string of the molecule is CCOC(=O)C1=C(C)N=c2s/c(=C/c3cc(Cl)c(OCc4cccc(C)c4)c(OCC)c3)c(=O)n2[C@@H]1c1ccc(C)cc1. The van der Waals surface area contributed by atoms with Crippen LogP contribution in [-0.4, -0.2) is 23.8 Å². The molecule has 0 N–H and O–H groups in total. The first-order chi connectivity index (χ1) is 20.7. The Morgan fingerprint density at radius 2 is 1.77 bits per heavy atom. The van der Waals surface area contributed by atoms with Crippen molar-refractivity contribution in [3.05, 3.63) is 124 Å². The second kappa shape index (κ2) is 13.0. The van der Waals surface area contributed by atoms with E-state index >= 15 is 0 Å². The lowest BCUT2D eigenvalue weighted by Crippen LogP contribution is -2.39. The van der Waals surface area contributed by atoms with Crippen LogP contribution in [0.3, 0.4) is 0 Å². The maximum Gasteiger partial charge on any atom is 0.338 e. The molecule has 0 spiro atoms. The third-order valence-electron chi connectivity index (χ3n) is 7.01. The number of thiazole rings is 1. The highest BCUT2D eigenvalue weighted by molar-refractivity contribution is 7.07. The number of rotatable bonds is 9. The number of aryl methyl sites for hydroxylation is 2. The van der Waals surface area contributed by atoms with E-state index in [-0.39, 0.29) is 12.2 Å². The van der Waals surface area contributed by atoms with E-state index in [1.54, 1.807) is 30.6 Å². The monoisotopic (exact) mass is 616 g/mol. The highest BCUT2D eigenvalue weighted by atomic mass is 35.5. The number of halogens is 1. The number of allylic oxidation sites excluding steroid dienone is 1. The molecule has 43 heavy (non-hydrogen) atoms. The molecule has 1 aliphatic rings. The van der Waals surface area contributed by atoms with Gasteiger partial charge in [-0.05, 0) is 69.5 Å². The predicted molar refractivity (Wildman–Crippen MR) is 170 cm³/mol. The van der Waals surface area contributed by atoms with Crippen molar-refractivity contribution in [2.45, 2.75) is 47.3 Å². The van der Waals surface area contributed by atoms with Gasteiger partial charge < -0.3 is 14.2 Å². The summed E-state index contributed by atoms with van der Waals surface area (Å²) in [6.45, 7) is 10.4. The van der Waals surface area contributed by atoms with Gasteiger partial charge in [-0.1, -0.05) is 82.6 Å². The van der Waals surface area contributed by atoms with E-state index in [9.17, 15) is 9.59 Å². The second-order valence-electron chi connectivity index (χ2n) is 10.3. The summed E-state index contributed by atoms with van der Waals surface area (Å²) in [7, 11) is 0. The van der Waals surface area contributed by atoms with Crippen molar-refractivity contribution in [3.63, 3.8) is 0 Å². The fourth-order valence-electron chi connectivity index (χ4n) is 5.04. The third-order valence-corrected chi connectivity index (χ3v) is 8.27. The molecule has 0 unspecified atom stereocenters. The highest BCUT2D eigenvalue weighted by Crippen LogP contribution is 2.37. The average Bonchev–Trinajstić information content (AvgIpc) is 3.26. The number of fused-ring (bicyclic) bond motifs is 1. The molecular weight excluding hydrogens is 584 g/mol. The third kappa shape index (κ3) is 6.45. The number of hydrogen-bond acceptors (Lipinski definition) is 7. The van der Waals surface area contributed by atoms with Crippen LogP contribution >= 0.6 is 22.9 Å². The lowest BCUT2D eigenvalue weighted by Gasteiger charge is -2.24. The van der Waals surface area contributed by atoms with Crippen molar-refractivity contribution in [1.82, 2.24) is 4.57 Å². The first-order valence-electron chi connectivity index (χ1n) is 14.1.